The molecule has 0 aromatic heterocycles. The van der Waals surface area contributed by atoms with Crippen LogP contribution in [0.15, 0.2) is 0 Å². The molecule has 3 atom stereocenters. The molecule has 0 aromatic carbocycles. The summed E-state index contributed by atoms with van der Waals surface area (Å²) in [6.07, 6.45) is 7.61. The van der Waals surface area contributed by atoms with Gasteiger partial charge in [0, 0.05) is 18.1 Å². The number of hydrogen-bond donors (Lipinski definition) is 2. The molecule has 0 radical (unpaired) electrons. The number of rotatable bonds is 5. The Hall–Kier alpha value is -0.0800. The van der Waals surface area contributed by atoms with Crippen LogP contribution in [0.2, 0.25) is 0 Å². The largest absolute Gasteiger partial charge is 0.328 e. The highest BCUT2D eigenvalue weighted by Crippen LogP contribution is 2.18. The molecule has 2 heteroatoms. The van der Waals surface area contributed by atoms with Crippen LogP contribution < -0.4 is 11.1 Å². The highest BCUT2D eigenvalue weighted by molar-refractivity contribution is 4.84. The Morgan fingerprint density at radius 1 is 1.46 bits per heavy atom. The minimum absolute atomic E-state index is 0.455. The Bertz CT molecular complexity index is 136. The molecule has 1 saturated carbocycles. The number of unbranched alkanes of at least 4 members (excludes halogenated alkanes) is 1. The molecule has 0 bridgehead atoms. The average molecular weight is 184 g/mol. The summed E-state index contributed by atoms with van der Waals surface area (Å²) < 4.78 is 0. The molecule has 0 heterocycles. The number of nitrogens with two attached hydrogens (primary N) is 1. The van der Waals surface area contributed by atoms with Gasteiger partial charge in [-0.3, -0.25) is 0 Å². The summed E-state index contributed by atoms with van der Waals surface area (Å²) in [6, 6.07) is 1.83. The van der Waals surface area contributed by atoms with Crippen LogP contribution in [0.3, 0.4) is 0 Å². The molecule has 3 unspecified atom stereocenters. The highest BCUT2D eigenvalue weighted by Gasteiger charge is 2.22. The van der Waals surface area contributed by atoms with Gasteiger partial charge in [0.1, 0.15) is 0 Å². The minimum atomic E-state index is 0.455. The molecule has 3 N–H and O–H groups in total. The van der Waals surface area contributed by atoms with E-state index in [1.807, 2.05) is 0 Å². The van der Waals surface area contributed by atoms with Crippen LogP contribution in [0.5, 0.6) is 0 Å². The van der Waals surface area contributed by atoms with Gasteiger partial charge in [-0.25, -0.2) is 0 Å². The first kappa shape index (κ1) is 11.0. The smallest absolute Gasteiger partial charge is 0.00848 e. The lowest BCUT2D eigenvalue weighted by molar-refractivity contribution is 0.419. The van der Waals surface area contributed by atoms with Gasteiger partial charge in [-0.1, -0.05) is 19.8 Å². The molecule has 1 fully saturated rings. The fraction of sp³-hybridized carbons (Fsp3) is 1.00. The van der Waals surface area contributed by atoms with Crippen molar-refractivity contribution in [3.8, 4) is 0 Å². The normalized spacial score (nSPS) is 30.7. The van der Waals surface area contributed by atoms with Crippen molar-refractivity contribution in [2.75, 3.05) is 0 Å². The lowest BCUT2D eigenvalue weighted by Crippen LogP contribution is -2.35. The first-order chi connectivity index (χ1) is 6.22. The van der Waals surface area contributed by atoms with E-state index in [-0.39, 0.29) is 0 Å². The molecule has 0 saturated heterocycles. The topological polar surface area (TPSA) is 38.0 Å². The second-order valence-corrected chi connectivity index (χ2v) is 4.48. The summed E-state index contributed by atoms with van der Waals surface area (Å²) in [4.78, 5) is 0. The van der Waals surface area contributed by atoms with Crippen molar-refractivity contribution in [1.82, 2.24) is 5.32 Å². The van der Waals surface area contributed by atoms with Crippen LogP contribution in [0.1, 0.15) is 52.4 Å². The van der Waals surface area contributed by atoms with Gasteiger partial charge in [0.15, 0.2) is 0 Å². The lowest BCUT2D eigenvalue weighted by Gasteiger charge is -2.18. The van der Waals surface area contributed by atoms with Crippen molar-refractivity contribution in [2.24, 2.45) is 5.73 Å². The van der Waals surface area contributed by atoms with E-state index >= 15 is 0 Å². The van der Waals surface area contributed by atoms with Crippen molar-refractivity contribution >= 4 is 0 Å². The molecule has 1 aliphatic carbocycles. The zero-order valence-corrected chi connectivity index (χ0v) is 9.05. The van der Waals surface area contributed by atoms with Gasteiger partial charge in [-0.2, -0.15) is 0 Å². The number of nitrogens with one attached hydrogen (secondary N) is 1. The maximum Gasteiger partial charge on any atom is 0.00848 e. The van der Waals surface area contributed by atoms with Crippen molar-refractivity contribution < 1.29 is 0 Å². The van der Waals surface area contributed by atoms with Gasteiger partial charge in [-0.05, 0) is 32.6 Å². The van der Waals surface area contributed by atoms with Gasteiger partial charge in [0.05, 0.1) is 0 Å². The highest BCUT2D eigenvalue weighted by atomic mass is 15.0. The van der Waals surface area contributed by atoms with Crippen LogP contribution in [0.25, 0.3) is 0 Å². The van der Waals surface area contributed by atoms with E-state index in [2.05, 4.69) is 19.2 Å². The first-order valence-electron chi connectivity index (χ1n) is 5.74. The van der Waals surface area contributed by atoms with Gasteiger partial charge in [0.2, 0.25) is 0 Å². The van der Waals surface area contributed by atoms with Gasteiger partial charge in [0.25, 0.3) is 0 Å². The zero-order valence-electron chi connectivity index (χ0n) is 9.05. The molecule has 1 aliphatic rings. The van der Waals surface area contributed by atoms with Crippen molar-refractivity contribution in [1.29, 1.82) is 0 Å². The molecule has 1 rings (SSSR count). The lowest BCUT2D eigenvalue weighted by atomic mass is 10.1. The maximum atomic E-state index is 5.86. The fourth-order valence-corrected chi connectivity index (χ4v) is 2.16. The fourth-order valence-electron chi connectivity index (χ4n) is 2.16. The predicted molar refractivity (Wildman–Crippen MR) is 57.7 cm³/mol. The molecule has 0 aromatic rings. The van der Waals surface area contributed by atoms with Gasteiger partial charge < -0.3 is 11.1 Å². The van der Waals surface area contributed by atoms with Crippen LogP contribution >= 0.6 is 0 Å². The summed E-state index contributed by atoms with van der Waals surface area (Å²) >= 11 is 0. The molecule has 13 heavy (non-hydrogen) atoms. The predicted octanol–water partition coefficient (Wildman–Crippen LogP) is 2.03. The van der Waals surface area contributed by atoms with E-state index in [4.69, 9.17) is 5.73 Å². The summed E-state index contributed by atoms with van der Waals surface area (Å²) in [5.41, 5.74) is 5.86. The Kier molecular flexibility index (Phi) is 4.74. The Morgan fingerprint density at radius 2 is 2.23 bits per heavy atom. The van der Waals surface area contributed by atoms with Gasteiger partial charge >= 0.3 is 0 Å². The number of hydrogen-bond acceptors (Lipinski definition) is 2. The van der Waals surface area contributed by atoms with Crippen LogP contribution in [-0.4, -0.2) is 18.1 Å². The Labute approximate surface area is 82.3 Å². The van der Waals surface area contributed by atoms with Crippen LogP contribution in [0, 0.1) is 0 Å². The third-order valence-corrected chi connectivity index (χ3v) is 2.98. The standard InChI is InChI=1S/C11H24N2/c1-3-4-5-9(2)13-11-7-6-10(12)8-11/h9-11,13H,3-8,12H2,1-2H3. The molecule has 78 valence electrons. The molecule has 2 nitrogen and oxygen atoms in total. The summed E-state index contributed by atoms with van der Waals surface area (Å²) in [6.45, 7) is 4.54. The van der Waals surface area contributed by atoms with E-state index < -0.39 is 0 Å². The van der Waals surface area contributed by atoms with E-state index in [0.717, 1.165) is 0 Å². The monoisotopic (exact) mass is 184 g/mol. The van der Waals surface area contributed by atoms with Crippen molar-refractivity contribution in [2.45, 2.75) is 70.5 Å². The molecular formula is C11H24N2. The molecule has 0 spiro atoms. The quantitative estimate of drug-likeness (QED) is 0.686. The second kappa shape index (κ2) is 5.61. The molecular weight excluding hydrogens is 160 g/mol. The van der Waals surface area contributed by atoms with Crippen molar-refractivity contribution in [3.05, 3.63) is 0 Å². The maximum absolute atomic E-state index is 5.86. The van der Waals surface area contributed by atoms with E-state index in [9.17, 15) is 0 Å². The molecule has 0 aliphatic heterocycles. The van der Waals surface area contributed by atoms with E-state index in [1.54, 1.807) is 0 Å². The SMILES string of the molecule is CCCCC(C)NC1CCC(N)C1. The Morgan fingerprint density at radius 3 is 2.77 bits per heavy atom. The van der Waals surface area contributed by atoms with Crippen molar-refractivity contribution in [3.63, 3.8) is 0 Å². The van der Waals surface area contributed by atoms with E-state index in [1.165, 1.54) is 38.5 Å². The summed E-state index contributed by atoms with van der Waals surface area (Å²) in [5, 5.41) is 3.66. The second-order valence-electron chi connectivity index (χ2n) is 4.48. The summed E-state index contributed by atoms with van der Waals surface area (Å²) in [7, 11) is 0. The first-order valence-corrected chi connectivity index (χ1v) is 5.74. The Balaban J connectivity index is 2.09. The van der Waals surface area contributed by atoms with Gasteiger partial charge in [-0.15, -0.1) is 0 Å². The third kappa shape index (κ3) is 4.10. The summed E-state index contributed by atoms with van der Waals surface area (Å²) in [5.74, 6) is 0. The van der Waals surface area contributed by atoms with Crippen LogP contribution in [-0.2, 0) is 0 Å². The third-order valence-electron chi connectivity index (χ3n) is 2.98. The van der Waals surface area contributed by atoms with E-state index in [0.29, 0.717) is 18.1 Å². The minimum Gasteiger partial charge on any atom is -0.328 e. The van der Waals surface area contributed by atoms with Crippen LogP contribution in [0.4, 0.5) is 0 Å². The zero-order chi connectivity index (χ0) is 9.68. The average Bonchev–Trinajstić information content (AvgIpc) is 2.48. The molecule has 0 amide bonds.